The summed E-state index contributed by atoms with van der Waals surface area (Å²) in [6, 6.07) is 2.55. The van der Waals surface area contributed by atoms with E-state index in [1.54, 1.807) is 4.90 Å². The first kappa shape index (κ1) is 13.2. The van der Waals surface area contributed by atoms with Crippen LogP contribution in [0.3, 0.4) is 0 Å². The Morgan fingerprint density at radius 2 is 1.58 bits per heavy atom. The molecule has 2 rings (SSSR count). The Labute approximate surface area is 109 Å². The molecular formula is C12H14N2O5. The number of nitrogens with two attached hydrogens (primary N) is 1. The van der Waals surface area contributed by atoms with E-state index >= 15 is 0 Å². The molecule has 1 fully saturated rings. The van der Waals surface area contributed by atoms with E-state index in [1.165, 1.54) is 12.1 Å². The minimum atomic E-state index is -1.20. The van der Waals surface area contributed by atoms with Crippen LogP contribution in [0.1, 0.15) is 20.7 Å². The van der Waals surface area contributed by atoms with E-state index in [9.17, 15) is 19.8 Å². The van der Waals surface area contributed by atoms with Crippen LogP contribution in [-0.4, -0.2) is 48.5 Å². The third-order valence-corrected chi connectivity index (χ3v) is 2.92. The number of carboxylic acids is 2. The van der Waals surface area contributed by atoms with Crippen LogP contribution in [0.5, 0.6) is 0 Å². The van der Waals surface area contributed by atoms with Crippen LogP contribution < -0.4 is 10.6 Å². The molecule has 1 aliphatic heterocycles. The molecule has 0 spiro atoms. The van der Waals surface area contributed by atoms with Crippen LogP contribution in [0, 0.1) is 0 Å². The molecule has 0 aliphatic carbocycles. The molecule has 7 nitrogen and oxygen atoms in total. The molecule has 0 amide bonds. The van der Waals surface area contributed by atoms with Gasteiger partial charge in [-0.2, -0.15) is 0 Å². The maximum Gasteiger partial charge on any atom is 0.337 e. The van der Waals surface area contributed by atoms with Gasteiger partial charge in [-0.25, -0.2) is 9.59 Å². The van der Waals surface area contributed by atoms with Gasteiger partial charge in [0.05, 0.1) is 30.0 Å². The molecule has 19 heavy (non-hydrogen) atoms. The summed E-state index contributed by atoms with van der Waals surface area (Å²) in [5, 5.41) is 18.4. The topological polar surface area (TPSA) is 113 Å². The number of hydrogen-bond donors (Lipinski definition) is 3. The van der Waals surface area contributed by atoms with Gasteiger partial charge in [-0.3, -0.25) is 0 Å². The summed E-state index contributed by atoms with van der Waals surface area (Å²) in [5.74, 6) is -2.40. The molecule has 102 valence electrons. The largest absolute Gasteiger partial charge is 0.478 e. The summed E-state index contributed by atoms with van der Waals surface area (Å²) in [6.45, 7) is 1.76. The van der Waals surface area contributed by atoms with Gasteiger partial charge in [-0.05, 0) is 12.1 Å². The lowest BCUT2D eigenvalue weighted by Gasteiger charge is -2.31. The molecule has 0 saturated carbocycles. The molecule has 0 atom stereocenters. The smallest absolute Gasteiger partial charge is 0.337 e. The van der Waals surface area contributed by atoms with Crippen molar-refractivity contribution < 1.29 is 24.5 Å². The normalized spacial score (nSPS) is 15.3. The van der Waals surface area contributed by atoms with Gasteiger partial charge in [-0.15, -0.1) is 0 Å². The van der Waals surface area contributed by atoms with E-state index < -0.39 is 11.9 Å². The summed E-state index contributed by atoms with van der Waals surface area (Å²) < 4.78 is 5.18. The molecule has 0 aromatic heterocycles. The Balaban J connectivity index is 2.59. The third kappa shape index (κ3) is 2.60. The predicted octanol–water partition coefficient (Wildman–Crippen LogP) is 0.502. The number of rotatable bonds is 3. The first-order chi connectivity index (χ1) is 9.00. The van der Waals surface area contributed by atoms with Gasteiger partial charge in [0.2, 0.25) is 0 Å². The molecule has 1 aromatic rings. The molecule has 1 aliphatic rings. The van der Waals surface area contributed by atoms with Gasteiger partial charge >= 0.3 is 11.9 Å². The Hall–Kier alpha value is -2.28. The number of nitrogen functional groups attached to an aromatic ring is 1. The second-order valence-corrected chi connectivity index (χ2v) is 4.17. The fourth-order valence-electron chi connectivity index (χ4n) is 2.11. The molecule has 1 heterocycles. The van der Waals surface area contributed by atoms with Crippen LogP contribution in [0.15, 0.2) is 12.1 Å². The van der Waals surface area contributed by atoms with Crippen molar-refractivity contribution in [3.8, 4) is 0 Å². The molecule has 4 N–H and O–H groups in total. The SMILES string of the molecule is Nc1cc(C(=O)O)c(N2CCOCC2)c(C(=O)O)c1. The fourth-order valence-corrected chi connectivity index (χ4v) is 2.11. The maximum atomic E-state index is 11.3. The first-order valence-corrected chi connectivity index (χ1v) is 5.73. The van der Waals surface area contributed by atoms with Gasteiger partial charge in [0.25, 0.3) is 0 Å². The first-order valence-electron chi connectivity index (χ1n) is 5.73. The number of anilines is 2. The van der Waals surface area contributed by atoms with Crippen molar-refractivity contribution in [3.05, 3.63) is 23.3 Å². The quantitative estimate of drug-likeness (QED) is 0.683. The van der Waals surface area contributed by atoms with E-state index in [4.69, 9.17) is 10.5 Å². The van der Waals surface area contributed by atoms with Gasteiger partial charge in [-0.1, -0.05) is 0 Å². The van der Waals surface area contributed by atoms with Crippen molar-refractivity contribution in [1.82, 2.24) is 0 Å². The van der Waals surface area contributed by atoms with Crippen LogP contribution >= 0.6 is 0 Å². The lowest BCUT2D eigenvalue weighted by molar-refractivity contribution is 0.0696. The van der Waals surface area contributed by atoms with Crippen molar-refractivity contribution >= 4 is 23.3 Å². The van der Waals surface area contributed by atoms with Crippen molar-refractivity contribution in [2.45, 2.75) is 0 Å². The molecule has 0 unspecified atom stereocenters. The lowest BCUT2D eigenvalue weighted by atomic mass is 10.0. The second kappa shape index (κ2) is 5.15. The summed E-state index contributed by atoms with van der Waals surface area (Å²) in [4.78, 5) is 24.3. The number of morpholine rings is 1. The molecule has 7 heteroatoms. The van der Waals surface area contributed by atoms with Crippen molar-refractivity contribution in [2.24, 2.45) is 0 Å². The van der Waals surface area contributed by atoms with Crippen LogP contribution in [0.25, 0.3) is 0 Å². The van der Waals surface area contributed by atoms with Crippen molar-refractivity contribution in [2.75, 3.05) is 36.9 Å². The minimum absolute atomic E-state index is 0.0979. The summed E-state index contributed by atoms with van der Waals surface area (Å²) >= 11 is 0. The van der Waals surface area contributed by atoms with Gasteiger partial charge < -0.3 is 25.6 Å². The van der Waals surface area contributed by atoms with Gasteiger partial charge in [0, 0.05) is 18.8 Å². The zero-order valence-corrected chi connectivity index (χ0v) is 10.1. The highest BCUT2D eigenvalue weighted by molar-refractivity contribution is 6.04. The van der Waals surface area contributed by atoms with Crippen LogP contribution in [0.2, 0.25) is 0 Å². The van der Waals surface area contributed by atoms with E-state index in [1.807, 2.05) is 0 Å². The third-order valence-electron chi connectivity index (χ3n) is 2.92. The second-order valence-electron chi connectivity index (χ2n) is 4.17. The summed E-state index contributed by atoms with van der Waals surface area (Å²) in [7, 11) is 0. The number of hydrogen-bond acceptors (Lipinski definition) is 5. The Morgan fingerprint density at radius 3 is 2.00 bits per heavy atom. The number of carbonyl (C=O) groups is 2. The molecule has 1 saturated heterocycles. The highest BCUT2D eigenvalue weighted by atomic mass is 16.5. The lowest BCUT2D eigenvalue weighted by Crippen LogP contribution is -2.38. The Kier molecular flexibility index (Phi) is 3.57. The van der Waals surface area contributed by atoms with E-state index in [2.05, 4.69) is 0 Å². The Bertz CT molecular complexity index is 488. The number of carboxylic acid groups (broad SMARTS) is 2. The highest BCUT2D eigenvalue weighted by Crippen LogP contribution is 2.29. The van der Waals surface area contributed by atoms with Gasteiger partial charge in [0.1, 0.15) is 0 Å². The van der Waals surface area contributed by atoms with E-state index in [0.29, 0.717) is 26.3 Å². The van der Waals surface area contributed by atoms with Gasteiger partial charge in [0.15, 0.2) is 0 Å². The molecule has 0 bridgehead atoms. The zero-order chi connectivity index (χ0) is 14.0. The fraction of sp³-hybridized carbons (Fsp3) is 0.333. The number of benzene rings is 1. The number of ether oxygens (including phenoxy) is 1. The zero-order valence-electron chi connectivity index (χ0n) is 10.1. The summed E-state index contributed by atoms with van der Waals surface area (Å²) in [5.41, 5.74) is 5.68. The van der Waals surface area contributed by atoms with E-state index in [0.717, 1.165) is 0 Å². The minimum Gasteiger partial charge on any atom is -0.478 e. The molecular weight excluding hydrogens is 252 g/mol. The number of nitrogens with zero attached hydrogens (tertiary/aromatic N) is 1. The van der Waals surface area contributed by atoms with Crippen LogP contribution in [0.4, 0.5) is 11.4 Å². The maximum absolute atomic E-state index is 11.3. The Morgan fingerprint density at radius 1 is 1.11 bits per heavy atom. The highest BCUT2D eigenvalue weighted by Gasteiger charge is 2.25. The van der Waals surface area contributed by atoms with Crippen molar-refractivity contribution in [1.29, 1.82) is 0 Å². The number of aromatic carboxylic acids is 2. The van der Waals surface area contributed by atoms with Crippen LogP contribution in [-0.2, 0) is 4.74 Å². The predicted molar refractivity (Wildman–Crippen MR) is 67.8 cm³/mol. The average Bonchev–Trinajstić information content (AvgIpc) is 2.38. The average molecular weight is 266 g/mol. The van der Waals surface area contributed by atoms with E-state index in [-0.39, 0.29) is 22.5 Å². The summed E-state index contributed by atoms with van der Waals surface area (Å²) in [6.07, 6.45) is 0. The molecule has 1 aromatic carbocycles. The van der Waals surface area contributed by atoms with Crippen molar-refractivity contribution in [3.63, 3.8) is 0 Å². The standard InChI is InChI=1S/C12H14N2O5/c13-7-5-8(11(15)16)10(9(6-7)12(17)18)14-1-3-19-4-2-14/h5-6H,1-4,13H2,(H,15,16)(H,17,18). The monoisotopic (exact) mass is 266 g/mol. The molecule has 0 radical (unpaired) electrons.